The van der Waals surface area contributed by atoms with E-state index in [9.17, 15) is 4.79 Å². The number of hydrogen-bond acceptors (Lipinski definition) is 3. The Kier molecular flexibility index (Phi) is 4.71. The van der Waals surface area contributed by atoms with Crippen LogP contribution >= 0.6 is 12.4 Å². The fourth-order valence-corrected chi connectivity index (χ4v) is 1.70. The SMILES string of the molecule is COC(=O)C(C)(C)[C@@H]1CCNC1.Cl. The molecule has 0 amide bonds. The van der Waals surface area contributed by atoms with Crippen LogP contribution in [0.3, 0.4) is 0 Å². The highest BCUT2D eigenvalue weighted by atomic mass is 35.5. The lowest BCUT2D eigenvalue weighted by molar-refractivity contribution is -0.153. The van der Waals surface area contributed by atoms with Gasteiger partial charge in [0.15, 0.2) is 0 Å². The van der Waals surface area contributed by atoms with E-state index < -0.39 is 0 Å². The summed E-state index contributed by atoms with van der Waals surface area (Å²) in [4.78, 5) is 11.4. The van der Waals surface area contributed by atoms with Crippen LogP contribution in [0.15, 0.2) is 0 Å². The summed E-state index contributed by atoms with van der Waals surface area (Å²) in [5.41, 5.74) is -0.335. The van der Waals surface area contributed by atoms with Crippen molar-refractivity contribution in [3.05, 3.63) is 0 Å². The fourth-order valence-electron chi connectivity index (χ4n) is 1.70. The Morgan fingerprint density at radius 1 is 1.54 bits per heavy atom. The number of carbonyl (C=O) groups excluding carboxylic acids is 1. The van der Waals surface area contributed by atoms with E-state index in [-0.39, 0.29) is 23.8 Å². The quantitative estimate of drug-likeness (QED) is 0.692. The molecule has 0 saturated carbocycles. The summed E-state index contributed by atoms with van der Waals surface area (Å²) < 4.78 is 4.76. The van der Waals surface area contributed by atoms with Gasteiger partial charge in [0.1, 0.15) is 0 Å². The van der Waals surface area contributed by atoms with E-state index in [0.29, 0.717) is 5.92 Å². The number of hydrogen-bond donors (Lipinski definition) is 1. The second-order valence-electron chi connectivity index (χ2n) is 3.90. The van der Waals surface area contributed by atoms with Crippen molar-refractivity contribution in [1.29, 1.82) is 0 Å². The maximum absolute atomic E-state index is 11.4. The molecule has 0 aromatic heterocycles. The Hall–Kier alpha value is -0.280. The molecule has 1 N–H and O–H groups in total. The van der Waals surface area contributed by atoms with Crippen molar-refractivity contribution in [3.8, 4) is 0 Å². The van der Waals surface area contributed by atoms with Crippen LogP contribution in [0.25, 0.3) is 0 Å². The van der Waals surface area contributed by atoms with E-state index in [1.807, 2.05) is 13.8 Å². The number of ether oxygens (including phenoxy) is 1. The number of nitrogens with one attached hydrogen (secondary N) is 1. The summed E-state index contributed by atoms with van der Waals surface area (Å²) in [5.74, 6) is 0.321. The van der Waals surface area contributed by atoms with E-state index >= 15 is 0 Å². The molecule has 1 rings (SSSR count). The predicted molar refractivity (Wildman–Crippen MR) is 54.0 cm³/mol. The van der Waals surface area contributed by atoms with Crippen LogP contribution in [-0.2, 0) is 9.53 Å². The van der Waals surface area contributed by atoms with Crippen LogP contribution < -0.4 is 5.32 Å². The normalized spacial score (nSPS) is 22.2. The third-order valence-electron chi connectivity index (χ3n) is 2.79. The van der Waals surface area contributed by atoms with Gasteiger partial charge in [-0.25, -0.2) is 0 Å². The first-order chi connectivity index (χ1) is 5.59. The van der Waals surface area contributed by atoms with Gasteiger partial charge in [-0.3, -0.25) is 4.79 Å². The van der Waals surface area contributed by atoms with Gasteiger partial charge in [-0.05, 0) is 39.3 Å². The molecule has 13 heavy (non-hydrogen) atoms. The fraction of sp³-hybridized carbons (Fsp3) is 0.889. The monoisotopic (exact) mass is 207 g/mol. The molecule has 0 bridgehead atoms. The minimum absolute atomic E-state index is 0. The summed E-state index contributed by atoms with van der Waals surface area (Å²) in [6.45, 7) is 5.86. The predicted octanol–water partition coefficient (Wildman–Crippen LogP) is 1.22. The van der Waals surface area contributed by atoms with Crippen molar-refractivity contribution < 1.29 is 9.53 Å². The van der Waals surface area contributed by atoms with Crippen molar-refractivity contribution in [2.45, 2.75) is 20.3 Å². The van der Waals surface area contributed by atoms with Crippen LogP contribution in [0.1, 0.15) is 20.3 Å². The molecular formula is C9H18ClNO2. The lowest BCUT2D eigenvalue weighted by Crippen LogP contribution is -2.35. The Labute approximate surface area is 85.6 Å². The Morgan fingerprint density at radius 3 is 2.54 bits per heavy atom. The standard InChI is InChI=1S/C9H17NO2.ClH/c1-9(2,8(11)12-3)7-4-5-10-6-7;/h7,10H,4-6H2,1-3H3;1H/t7-;/m1./s1. The van der Waals surface area contributed by atoms with Crippen molar-refractivity contribution in [1.82, 2.24) is 5.32 Å². The molecule has 1 saturated heterocycles. The number of carbonyl (C=O) groups is 1. The zero-order valence-electron chi connectivity index (χ0n) is 8.42. The molecule has 0 aromatic rings. The average molecular weight is 208 g/mol. The largest absolute Gasteiger partial charge is 0.469 e. The Balaban J connectivity index is 0.00000144. The lowest BCUT2D eigenvalue weighted by atomic mass is 9.78. The van der Waals surface area contributed by atoms with E-state index in [1.54, 1.807) is 0 Å². The third-order valence-corrected chi connectivity index (χ3v) is 2.79. The molecule has 0 aliphatic carbocycles. The summed E-state index contributed by atoms with van der Waals surface area (Å²) in [6.07, 6.45) is 1.07. The molecule has 4 heteroatoms. The van der Waals surface area contributed by atoms with Gasteiger partial charge in [-0.2, -0.15) is 0 Å². The maximum atomic E-state index is 11.4. The van der Waals surface area contributed by atoms with Crippen molar-refractivity contribution in [3.63, 3.8) is 0 Å². The molecule has 0 spiro atoms. The topological polar surface area (TPSA) is 38.3 Å². The van der Waals surface area contributed by atoms with Gasteiger partial charge in [0, 0.05) is 0 Å². The molecule has 0 radical (unpaired) electrons. The smallest absolute Gasteiger partial charge is 0.311 e. The molecular weight excluding hydrogens is 190 g/mol. The zero-order valence-corrected chi connectivity index (χ0v) is 9.24. The van der Waals surface area contributed by atoms with E-state index in [4.69, 9.17) is 4.74 Å². The van der Waals surface area contributed by atoms with E-state index in [1.165, 1.54) is 7.11 Å². The Bertz CT molecular complexity index is 176. The molecule has 3 nitrogen and oxygen atoms in total. The molecule has 1 aliphatic heterocycles. The number of rotatable bonds is 2. The molecule has 0 unspecified atom stereocenters. The number of methoxy groups -OCH3 is 1. The molecule has 1 atom stereocenters. The van der Waals surface area contributed by atoms with Gasteiger partial charge in [-0.1, -0.05) is 0 Å². The van der Waals surface area contributed by atoms with E-state index in [2.05, 4.69) is 5.32 Å². The van der Waals surface area contributed by atoms with Gasteiger partial charge in [0.2, 0.25) is 0 Å². The average Bonchev–Trinajstić information content (AvgIpc) is 2.55. The maximum Gasteiger partial charge on any atom is 0.311 e. The van der Waals surface area contributed by atoms with Crippen molar-refractivity contribution in [2.24, 2.45) is 11.3 Å². The molecule has 1 fully saturated rings. The van der Waals surface area contributed by atoms with Crippen LogP contribution in [0.5, 0.6) is 0 Å². The van der Waals surface area contributed by atoms with Crippen LogP contribution in [-0.4, -0.2) is 26.2 Å². The second-order valence-corrected chi connectivity index (χ2v) is 3.90. The highest BCUT2D eigenvalue weighted by Crippen LogP contribution is 2.32. The van der Waals surface area contributed by atoms with E-state index in [0.717, 1.165) is 19.5 Å². The lowest BCUT2D eigenvalue weighted by Gasteiger charge is -2.27. The summed E-state index contributed by atoms with van der Waals surface area (Å²) in [7, 11) is 1.45. The first-order valence-corrected chi connectivity index (χ1v) is 4.38. The second kappa shape index (κ2) is 4.82. The highest BCUT2D eigenvalue weighted by Gasteiger charge is 2.38. The van der Waals surface area contributed by atoms with Crippen LogP contribution in [0.4, 0.5) is 0 Å². The summed E-state index contributed by atoms with van der Waals surface area (Å²) in [5, 5.41) is 3.25. The van der Waals surface area contributed by atoms with Crippen molar-refractivity contribution in [2.75, 3.05) is 20.2 Å². The van der Waals surface area contributed by atoms with Crippen LogP contribution in [0, 0.1) is 11.3 Å². The van der Waals surface area contributed by atoms with Gasteiger partial charge in [-0.15, -0.1) is 12.4 Å². The molecule has 1 aliphatic rings. The summed E-state index contributed by atoms with van der Waals surface area (Å²) in [6, 6.07) is 0. The van der Waals surface area contributed by atoms with Crippen molar-refractivity contribution >= 4 is 18.4 Å². The van der Waals surface area contributed by atoms with Gasteiger partial charge < -0.3 is 10.1 Å². The first-order valence-electron chi connectivity index (χ1n) is 4.38. The molecule has 0 aromatic carbocycles. The Morgan fingerprint density at radius 2 is 2.15 bits per heavy atom. The van der Waals surface area contributed by atoms with Gasteiger partial charge in [0.25, 0.3) is 0 Å². The molecule has 1 heterocycles. The van der Waals surface area contributed by atoms with Gasteiger partial charge >= 0.3 is 5.97 Å². The minimum Gasteiger partial charge on any atom is -0.469 e. The molecule has 78 valence electrons. The number of esters is 1. The van der Waals surface area contributed by atoms with Crippen LogP contribution in [0.2, 0.25) is 0 Å². The first kappa shape index (κ1) is 12.7. The summed E-state index contributed by atoms with van der Waals surface area (Å²) >= 11 is 0. The van der Waals surface area contributed by atoms with Gasteiger partial charge in [0.05, 0.1) is 12.5 Å². The highest BCUT2D eigenvalue weighted by molar-refractivity contribution is 5.85. The zero-order chi connectivity index (χ0) is 9.19. The minimum atomic E-state index is -0.335. The number of halogens is 1. The third kappa shape index (κ3) is 2.58.